The van der Waals surface area contributed by atoms with Crippen molar-refractivity contribution >= 4 is 23.4 Å². The Balaban J connectivity index is 2.46. The molecule has 1 atom stereocenters. The first kappa shape index (κ1) is 6.46. The molecular formula is C5H6ClOS. The average Bonchev–Trinajstić information content (AvgIpc) is 2.17. The minimum absolute atomic E-state index is 0.597. The normalized spacial score (nSPS) is 36.2. The maximum Gasteiger partial charge on any atom is 0.196 e. The summed E-state index contributed by atoms with van der Waals surface area (Å²) < 4.78 is 4.12. The van der Waals surface area contributed by atoms with Crippen molar-refractivity contribution in [2.24, 2.45) is 0 Å². The van der Waals surface area contributed by atoms with Crippen LogP contribution in [0.5, 0.6) is 0 Å². The molecule has 0 aliphatic carbocycles. The fourth-order valence-corrected chi connectivity index (χ4v) is 1.38. The molecule has 0 aromatic heterocycles. The highest BCUT2D eigenvalue weighted by Gasteiger charge is 2.28. The van der Waals surface area contributed by atoms with E-state index in [2.05, 4.69) is 7.11 Å². The second-order valence-electron chi connectivity index (χ2n) is 1.50. The molecule has 0 N–H and O–H groups in total. The topological polar surface area (TPSA) is 9.23 Å². The number of ether oxygens (including phenoxy) is 1. The summed E-state index contributed by atoms with van der Waals surface area (Å²) in [6.45, 7) is 0. The molecule has 45 valence electrons. The number of halogens is 1. The Labute approximate surface area is 58.0 Å². The molecule has 0 aromatic rings. The fraction of sp³-hybridized carbons (Fsp3) is 0.400. The van der Waals surface area contributed by atoms with Crippen LogP contribution in [0.3, 0.4) is 0 Å². The average molecular weight is 150 g/mol. The molecule has 0 aromatic carbocycles. The fourth-order valence-electron chi connectivity index (χ4n) is 0.480. The molecule has 1 aliphatic rings. The molecule has 0 bridgehead atoms. The van der Waals surface area contributed by atoms with E-state index in [9.17, 15) is 0 Å². The molecule has 1 nitrogen and oxygen atoms in total. The third-order valence-corrected chi connectivity index (χ3v) is 2.41. The van der Waals surface area contributed by atoms with Gasteiger partial charge in [-0.05, 0) is 5.41 Å². The van der Waals surface area contributed by atoms with Crippen LogP contribution in [-0.2, 0) is 4.74 Å². The lowest BCUT2D eigenvalue weighted by atomic mass is 10.4. The van der Waals surface area contributed by atoms with Gasteiger partial charge in [0.25, 0.3) is 0 Å². The molecule has 1 aliphatic heterocycles. The number of alkyl halides is 1. The van der Waals surface area contributed by atoms with Gasteiger partial charge in [0.15, 0.2) is 4.39 Å². The Morgan fingerprint density at radius 1 is 1.88 bits per heavy atom. The van der Waals surface area contributed by atoms with Crippen molar-refractivity contribution in [3.8, 4) is 0 Å². The summed E-state index contributed by atoms with van der Waals surface area (Å²) in [7, 11) is 3.25. The van der Waals surface area contributed by atoms with Gasteiger partial charge in [-0.25, -0.2) is 0 Å². The molecule has 1 radical (unpaired) electrons. The van der Waals surface area contributed by atoms with E-state index < -0.39 is 4.39 Å². The first-order valence-corrected chi connectivity index (χ1v) is 3.47. The maximum absolute atomic E-state index is 5.77. The van der Waals surface area contributed by atoms with Crippen molar-refractivity contribution in [3.63, 3.8) is 0 Å². The lowest BCUT2D eigenvalue weighted by molar-refractivity contribution is 0.184. The Morgan fingerprint density at radius 2 is 2.62 bits per heavy atom. The molecule has 0 saturated heterocycles. The third-order valence-electron chi connectivity index (χ3n) is 0.917. The smallest absolute Gasteiger partial charge is 0.196 e. The number of thioether (sulfide) groups is 1. The van der Waals surface area contributed by atoms with Gasteiger partial charge in [-0.2, -0.15) is 0 Å². The van der Waals surface area contributed by atoms with Gasteiger partial charge >= 0.3 is 0 Å². The summed E-state index contributed by atoms with van der Waals surface area (Å²) in [4.78, 5) is 0. The first-order chi connectivity index (χ1) is 3.77. The molecule has 0 amide bonds. The SMILES string of the molecule is [CH2]OC1(Cl)CC=CS1. The molecule has 1 unspecified atom stereocenters. The van der Waals surface area contributed by atoms with Crippen molar-refractivity contribution in [1.82, 2.24) is 0 Å². The van der Waals surface area contributed by atoms with E-state index in [0.29, 0.717) is 0 Å². The van der Waals surface area contributed by atoms with Crippen molar-refractivity contribution < 1.29 is 4.74 Å². The molecule has 8 heavy (non-hydrogen) atoms. The van der Waals surface area contributed by atoms with Crippen molar-refractivity contribution in [2.45, 2.75) is 10.8 Å². The van der Waals surface area contributed by atoms with Crippen LogP contribution in [0.2, 0.25) is 0 Å². The van der Waals surface area contributed by atoms with Crippen molar-refractivity contribution in [2.75, 3.05) is 0 Å². The van der Waals surface area contributed by atoms with Gasteiger partial charge in [-0.3, -0.25) is 0 Å². The van der Waals surface area contributed by atoms with E-state index in [1.165, 1.54) is 11.8 Å². The van der Waals surface area contributed by atoms with Gasteiger partial charge in [0.05, 0.1) is 7.11 Å². The number of hydrogen-bond donors (Lipinski definition) is 0. The van der Waals surface area contributed by atoms with Crippen LogP contribution in [0.1, 0.15) is 6.42 Å². The van der Waals surface area contributed by atoms with Gasteiger partial charge in [-0.15, -0.1) is 0 Å². The maximum atomic E-state index is 5.77. The summed E-state index contributed by atoms with van der Waals surface area (Å²) in [5.74, 6) is 0. The summed E-state index contributed by atoms with van der Waals surface area (Å²) in [6.07, 6.45) is 2.70. The predicted molar refractivity (Wildman–Crippen MR) is 36.4 cm³/mol. The van der Waals surface area contributed by atoms with Crippen LogP contribution >= 0.6 is 23.4 Å². The summed E-state index contributed by atoms with van der Waals surface area (Å²) in [5, 5.41) is 1.91. The molecule has 0 spiro atoms. The van der Waals surface area contributed by atoms with Gasteiger partial charge < -0.3 is 4.74 Å². The highest BCUT2D eigenvalue weighted by molar-refractivity contribution is 8.04. The van der Waals surface area contributed by atoms with Gasteiger partial charge in [0.1, 0.15) is 0 Å². The van der Waals surface area contributed by atoms with Crippen molar-refractivity contribution in [3.05, 3.63) is 18.6 Å². The van der Waals surface area contributed by atoms with E-state index in [4.69, 9.17) is 16.3 Å². The molecule has 1 rings (SSSR count). The standard InChI is InChI=1S/C5H6ClOS/c1-7-5(6)3-2-4-8-5/h2,4H,1,3H2. The van der Waals surface area contributed by atoms with Crippen LogP contribution in [-0.4, -0.2) is 4.39 Å². The quantitative estimate of drug-likeness (QED) is 0.530. The molecule has 3 heteroatoms. The summed E-state index contributed by atoms with van der Waals surface area (Å²) in [6, 6.07) is 0. The Hall–Kier alpha value is 0.340. The zero-order valence-electron chi connectivity index (χ0n) is 4.26. The van der Waals surface area contributed by atoms with Crippen LogP contribution in [0.25, 0.3) is 0 Å². The summed E-state index contributed by atoms with van der Waals surface area (Å²) >= 11 is 7.22. The molecule has 0 saturated carbocycles. The second kappa shape index (κ2) is 2.29. The minimum Gasteiger partial charge on any atom is -0.347 e. The van der Waals surface area contributed by atoms with E-state index >= 15 is 0 Å². The van der Waals surface area contributed by atoms with E-state index in [1.807, 2.05) is 11.5 Å². The summed E-state index contributed by atoms with van der Waals surface area (Å²) in [5.41, 5.74) is 0. The molecule has 0 fully saturated rings. The monoisotopic (exact) mass is 149 g/mol. The number of rotatable bonds is 1. The van der Waals surface area contributed by atoms with Crippen LogP contribution in [0.15, 0.2) is 11.5 Å². The largest absolute Gasteiger partial charge is 0.347 e. The van der Waals surface area contributed by atoms with Gasteiger partial charge in [-0.1, -0.05) is 29.4 Å². The lowest BCUT2D eigenvalue weighted by Crippen LogP contribution is -2.12. The highest BCUT2D eigenvalue weighted by atomic mass is 35.5. The highest BCUT2D eigenvalue weighted by Crippen LogP contribution is 2.40. The molecule has 1 heterocycles. The van der Waals surface area contributed by atoms with E-state index in [-0.39, 0.29) is 0 Å². The Morgan fingerprint density at radius 3 is 2.88 bits per heavy atom. The van der Waals surface area contributed by atoms with Crippen LogP contribution in [0, 0.1) is 7.11 Å². The zero-order chi connectivity index (χ0) is 6.04. The van der Waals surface area contributed by atoms with E-state index in [1.54, 1.807) is 0 Å². The molecular weight excluding hydrogens is 144 g/mol. The van der Waals surface area contributed by atoms with E-state index in [0.717, 1.165) is 6.42 Å². The van der Waals surface area contributed by atoms with Crippen LogP contribution < -0.4 is 0 Å². The van der Waals surface area contributed by atoms with Gasteiger partial charge in [0.2, 0.25) is 0 Å². The van der Waals surface area contributed by atoms with Gasteiger partial charge in [0, 0.05) is 6.42 Å². The van der Waals surface area contributed by atoms with Crippen molar-refractivity contribution in [1.29, 1.82) is 0 Å². The number of hydrogen-bond acceptors (Lipinski definition) is 2. The Kier molecular flexibility index (Phi) is 1.85. The third kappa shape index (κ3) is 1.19. The Bertz CT molecular complexity index is 105. The second-order valence-corrected chi connectivity index (χ2v) is 3.50. The lowest BCUT2D eigenvalue weighted by Gasteiger charge is -2.15. The minimum atomic E-state index is -0.597. The first-order valence-electron chi connectivity index (χ1n) is 2.22. The zero-order valence-corrected chi connectivity index (χ0v) is 5.84. The predicted octanol–water partition coefficient (Wildman–Crippen LogP) is 2.34. The van der Waals surface area contributed by atoms with Crippen LogP contribution in [0.4, 0.5) is 0 Å².